The van der Waals surface area contributed by atoms with Crippen LogP contribution in [0.3, 0.4) is 0 Å². The highest BCUT2D eigenvalue weighted by molar-refractivity contribution is 5.85. The molecule has 1 amide bonds. The average Bonchev–Trinajstić information content (AvgIpc) is 2.50. The Hall–Kier alpha value is -2.04. The predicted molar refractivity (Wildman–Crippen MR) is 78.2 cm³/mol. The van der Waals surface area contributed by atoms with Gasteiger partial charge in [0.05, 0.1) is 5.92 Å². The summed E-state index contributed by atoms with van der Waals surface area (Å²) in [4.78, 5) is 23.4. The fourth-order valence-electron chi connectivity index (χ4n) is 2.45. The van der Waals surface area contributed by atoms with E-state index in [0.29, 0.717) is 19.4 Å². The van der Waals surface area contributed by atoms with Crippen LogP contribution in [0.15, 0.2) is 24.3 Å². The number of fused-ring (bicyclic) bond motifs is 1. The average molecular weight is 291 g/mol. The lowest BCUT2D eigenvalue weighted by molar-refractivity contribution is -0.143. The van der Waals surface area contributed by atoms with Crippen molar-refractivity contribution in [1.29, 1.82) is 0 Å². The molecular weight excluding hydrogens is 270 g/mol. The van der Waals surface area contributed by atoms with Gasteiger partial charge in [-0.1, -0.05) is 38.0 Å². The zero-order valence-corrected chi connectivity index (χ0v) is 12.2. The Morgan fingerprint density at radius 2 is 2.19 bits per heavy atom. The van der Waals surface area contributed by atoms with Crippen LogP contribution in [0.25, 0.3) is 0 Å². The van der Waals surface area contributed by atoms with E-state index in [4.69, 9.17) is 9.84 Å². The Balaban J connectivity index is 1.96. The number of carbonyl (C=O) groups is 2. The molecule has 5 heteroatoms. The summed E-state index contributed by atoms with van der Waals surface area (Å²) in [6.45, 7) is 2.29. The van der Waals surface area contributed by atoms with Crippen molar-refractivity contribution in [2.45, 2.75) is 38.6 Å². The van der Waals surface area contributed by atoms with Crippen molar-refractivity contribution in [3.63, 3.8) is 0 Å². The van der Waals surface area contributed by atoms with Crippen LogP contribution in [0.1, 0.15) is 31.7 Å². The second-order valence-electron chi connectivity index (χ2n) is 5.36. The second kappa shape index (κ2) is 7.11. The summed E-state index contributed by atoms with van der Waals surface area (Å²) in [6, 6.07) is 6.80. The molecule has 0 radical (unpaired) electrons. The molecule has 1 heterocycles. The number of benzene rings is 1. The monoisotopic (exact) mass is 291 g/mol. The lowest BCUT2D eigenvalue weighted by atomic mass is 9.95. The molecule has 0 fully saturated rings. The highest BCUT2D eigenvalue weighted by atomic mass is 16.5. The van der Waals surface area contributed by atoms with Gasteiger partial charge in [0.25, 0.3) is 0 Å². The topological polar surface area (TPSA) is 75.6 Å². The molecule has 0 bridgehead atoms. The number of nitrogens with one attached hydrogen (secondary N) is 1. The zero-order chi connectivity index (χ0) is 15.2. The molecule has 1 aliphatic heterocycles. The van der Waals surface area contributed by atoms with E-state index < -0.39 is 12.0 Å². The van der Waals surface area contributed by atoms with Gasteiger partial charge in [-0.3, -0.25) is 4.79 Å². The Kier molecular flexibility index (Phi) is 5.20. The first-order valence-electron chi connectivity index (χ1n) is 7.35. The number of aliphatic carboxylic acids is 1. The van der Waals surface area contributed by atoms with Crippen molar-refractivity contribution in [3.05, 3.63) is 29.8 Å². The molecule has 5 nitrogen and oxygen atoms in total. The normalized spacial score (nSPS) is 18.2. The minimum Gasteiger partial charge on any atom is -0.492 e. The molecular formula is C16H21NO4. The predicted octanol–water partition coefficient (Wildman–Crippen LogP) is 2.00. The number of ether oxygens (including phenoxy) is 1. The summed E-state index contributed by atoms with van der Waals surface area (Å²) in [7, 11) is 0. The summed E-state index contributed by atoms with van der Waals surface area (Å²) >= 11 is 0. The van der Waals surface area contributed by atoms with E-state index in [1.54, 1.807) is 0 Å². The van der Waals surface area contributed by atoms with E-state index in [-0.39, 0.29) is 11.8 Å². The zero-order valence-electron chi connectivity index (χ0n) is 12.2. The quantitative estimate of drug-likeness (QED) is 0.840. The Bertz CT molecular complexity index is 515. The lowest BCUT2D eigenvalue weighted by Crippen LogP contribution is -2.46. The van der Waals surface area contributed by atoms with Gasteiger partial charge < -0.3 is 15.2 Å². The van der Waals surface area contributed by atoms with Gasteiger partial charge in [-0.2, -0.15) is 0 Å². The van der Waals surface area contributed by atoms with Crippen molar-refractivity contribution in [2.75, 3.05) is 6.61 Å². The van der Waals surface area contributed by atoms with Crippen LogP contribution >= 0.6 is 0 Å². The van der Waals surface area contributed by atoms with Crippen LogP contribution < -0.4 is 10.1 Å². The molecule has 0 saturated carbocycles. The molecule has 2 rings (SSSR count). The van der Waals surface area contributed by atoms with E-state index in [1.165, 1.54) is 0 Å². The minimum atomic E-state index is -0.978. The van der Waals surface area contributed by atoms with Crippen LogP contribution in [0.5, 0.6) is 5.75 Å². The van der Waals surface area contributed by atoms with Crippen LogP contribution in [-0.4, -0.2) is 29.6 Å². The first kappa shape index (κ1) is 15.4. The molecule has 0 aromatic heterocycles. The number of carbonyl (C=O) groups excluding carboxylic acids is 1. The summed E-state index contributed by atoms with van der Waals surface area (Å²) in [5.41, 5.74) is 0.990. The first-order chi connectivity index (χ1) is 10.1. The molecule has 114 valence electrons. The van der Waals surface area contributed by atoms with Crippen LogP contribution in [0.4, 0.5) is 0 Å². The number of rotatable bonds is 6. The molecule has 21 heavy (non-hydrogen) atoms. The van der Waals surface area contributed by atoms with Gasteiger partial charge in [0.1, 0.15) is 18.4 Å². The number of unbranched alkanes of at least 4 members (excludes halogenated alkanes) is 1. The van der Waals surface area contributed by atoms with Crippen LogP contribution in [0, 0.1) is 5.92 Å². The van der Waals surface area contributed by atoms with E-state index >= 15 is 0 Å². The number of carboxylic acid groups (broad SMARTS) is 1. The summed E-state index contributed by atoms with van der Waals surface area (Å²) < 4.78 is 5.57. The molecule has 0 aliphatic carbocycles. The van der Waals surface area contributed by atoms with Crippen molar-refractivity contribution in [3.8, 4) is 5.75 Å². The van der Waals surface area contributed by atoms with Gasteiger partial charge in [0.2, 0.25) is 5.91 Å². The molecule has 2 atom stereocenters. The van der Waals surface area contributed by atoms with Gasteiger partial charge in [0, 0.05) is 0 Å². The van der Waals surface area contributed by atoms with E-state index in [9.17, 15) is 9.59 Å². The third kappa shape index (κ3) is 3.97. The van der Waals surface area contributed by atoms with Gasteiger partial charge in [-0.25, -0.2) is 4.79 Å². The number of hydrogen-bond donors (Lipinski definition) is 2. The van der Waals surface area contributed by atoms with E-state index in [1.807, 2.05) is 31.2 Å². The second-order valence-corrected chi connectivity index (χ2v) is 5.36. The standard InChI is InChI=1S/C16H21NO4/c1-2-3-7-13(16(19)20)17-15(18)12-9-11-6-4-5-8-14(11)21-10-12/h4-6,8,12-13H,2-3,7,9-10H2,1H3,(H,17,18)(H,19,20)/t12?,13-/m0/s1. The fraction of sp³-hybridized carbons (Fsp3) is 0.500. The third-order valence-corrected chi connectivity index (χ3v) is 3.71. The number of carboxylic acids is 1. The molecule has 1 aliphatic rings. The number of hydrogen-bond acceptors (Lipinski definition) is 3. The molecule has 0 spiro atoms. The summed E-state index contributed by atoms with van der Waals surface area (Å²) in [5.74, 6) is -0.743. The number of para-hydroxylation sites is 1. The van der Waals surface area contributed by atoms with Crippen molar-refractivity contribution >= 4 is 11.9 Å². The van der Waals surface area contributed by atoms with E-state index in [0.717, 1.165) is 24.2 Å². The highest BCUT2D eigenvalue weighted by Gasteiger charge is 2.28. The van der Waals surface area contributed by atoms with Crippen molar-refractivity contribution < 1.29 is 19.4 Å². The van der Waals surface area contributed by atoms with Crippen LogP contribution in [0.2, 0.25) is 0 Å². The lowest BCUT2D eigenvalue weighted by Gasteiger charge is -2.25. The van der Waals surface area contributed by atoms with Gasteiger partial charge in [-0.15, -0.1) is 0 Å². The SMILES string of the molecule is CCCC[C@H](NC(=O)C1COc2ccccc2C1)C(=O)O. The fourth-order valence-corrected chi connectivity index (χ4v) is 2.45. The summed E-state index contributed by atoms with van der Waals surface area (Å²) in [5, 5.41) is 11.8. The molecule has 2 N–H and O–H groups in total. The maximum atomic E-state index is 12.2. The Morgan fingerprint density at radius 1 is 1.43 bits per heavy atom. The highest BCUT2D eigenvalue weighted by Crippen LogP contribution is 2.26. The van der Waals surface area contributed by atoms with Gasteiger partial charge in [0.15, 0.2) is 0 Å². The maximum absolute atomic E-state index is 12.2. The van der Waals surface area contributed by atoms with E-state index in [2.05, 4.69) is 5.32 Å². The van der Waals surface area contributed by atoms with Crippen molar-refractivity contribution in [1.82, 2.24) is 5.32 Å². The van der Waals surface area contributed by atoms with Crippen LogP contribution in [-0.2, 0) is 16.0 Å². The molecule has 1 aromatic rings. The van der Waals surface area contributed by atoms with Gasteiger partial charge >= 0.3 is 5.97 Å². The molecule has 1 unspecified atom stereocenters. The number of amides is 1. The Morgan fingerprint density at radius 3 is 2.90 bits per heavy atom. The third-order valence-electron chi connectivity index (χ3n) is 3.71. The van der Waals surface area contributed by atoms with Gasteiger partial charge in [-0.05, 0) is 24.5 Å². The largest absolute Gasteiger partial charge is 0.492 e. The smallest absolute Gasteiger partial charge is 0.326 e. The summed E-state index contributed by atoms with van der Waals surface area (Å²) in [6.07, 6.45) is 2.73. The van der Waals surface area contributed by atoms with Crippen molar-refractivity contribution in [2.24, 2.45) is 5.92 Å². The maximum Gasteiger partial charge on any atom is 0.326 e. The first-order valence-corrected chi connectivity index (χ1v) is 7.35. The Labute approximate surface area is 124 Å². The minimum absolute atomic E-state index is 0.243. The molecule has 0 saturated heterocycles. The molecule has 1 aromatic carbocycles.